The molecule has 1 aromatic heterocycles. The van der Waals surface area contributed by atoms with Gasteiger partial charge in [0.1, 0.15) is 18.1 Å². The number of nitrogens with zero attached hydrogens (tertiary/aromatic N) is 1. The minimum absolute atomic E-state index is 0.0271. The number of rotatable bonds is 9. The second kappa shape index (κ2) is 10.8. The lowest BCUT2D eigenvalue weighted by molar-refractivity contribution is -0.163. The molecular formula is C20H31N2O10P. The van der Waals surface area contributed by atoms with Gasteiger partial charge in [0.05, 0.1) is 18.4 Å². The number of ether oxygens (including phenoxy) is 2. The third-order valence-electron chi connectivity index (χ3n) is 4.48. The zero-order chi connectivity index (χ0) is 24.9. The van der Waals surface area contributed by atoms with E-state index in [1.54, 1.807) is 47.6 Å². The molecule has 1 fully saturated rings. The van der Waals surface area contributed by atoms with Gasteiger partial charge in [0.2, 0.25) is 12.7 Å². The van der Waals surface area contributed by atoms with E-state index < -0.39 is 49.4 Å². The molecule has 186 valence electrons. The van der Waals surface area contributed by atoms with Gasteiger partial charge in [-0.25, -0.2) is 9.09 Å². The Morgan fingerprint density at radius 2 is 1.97 bits per heavy atom. The highest BCUT2D eigenvalue weighted by Crippen LogP contribution is 2.57. The molecule has 1 saturated heterocycles. The second-order valence-corrected chi connectivity index (χ2v) is 10.9. The van der Waals surface area contributed by atoms with Crippen molar-refractivity contribution in [2.24, 2.45) is 10.8 Å². The molecule has 0 saturated carbocycles. The van der Waals surface area contributed by atoms with Gasteiger partial charge in [0.25, 0.3) is 0 Å². The fourth-order valence-electron chi connectivity index (χ4n) is 2.55. The molecule has 1 unspecified atom stereocenters. The maximum atomic E-state index is 12.7. The molecule has 0 spiro atoms. The molecule has 1 aliphatic heterocycles. The average molecular weight is 490 g/mol. The fourth-order valence-corrected chi connectivity index (χ4v) is 4.06. The molecule has 0 aromatic carbocycles. The number of carbonyl (C=O) groups is 3. The highest BCUT2D eigenvalue weighted by Gasteiger charge is 2.49. The first kappa shape index (κ1) is 27.0. The van der Waals surface area contributed by atoms with Crippen LogP contribution < -0.4 is 5.32 Å². The van der Waals surface area contributed by atoms with E-state index >= 15 is 0 Å². The van der Waals surface area contributed by atoms with E-state index in [0.717, 1.165) is 0 Å². The van der Waals surface area contributed by atoms with Gasteiger partial charge in [-0.1, -0.05) is 19.0 Å². The first-order valence-electron chi connectivity index (χ1n) is 10.3. The molecule has 13 heteroatoms. The second-order valence-electron chi connectivity index (χ2n) is 9.25. The zero-order valence-corrected chi connectivity index (χ0v) is 20.6. The maximum absolute atomic E-state index is 12.7. The molecular weight excluding hydrogens is 459 g/mol. The van der Waals surface area contributed by atoms with Gasteiger partial charge in [0, 0.05) is 18.0 Å². The van der Waals surface area contributed by atoms with Gasteiger partial charge in [-0.3, -0.25) is 23.4 Å². The summed E-state index contributed by atoms with van der Waals surface area (Å²) in [4.78, 5) is 36.3. The van der Waals surface area contributed by atoms with Crippen LogP contribution in [0.5, 0.6) is 0 Å². The largest absolute Gasteiger partial charge is 0.478 e. The fraction of sp³-hybridized carbons (Fsp3) is 0.700. The number of carbonyl (C=O) groups excluding carboxylic acids is 3. The first-order chi connectivity index (χ1) is 15.2. The van der Waals surface area contributed by atoms with E-state index in [4.69, 9.17) is 27.6 Å². The Hall–Kier alpha value is -2.27. The van der Waals surface area contributed by atoms with E-state index in [2.05, 4.69) is 10.5 Å². The summed E-state index contributed by atoms with van der Waals surface area (Å²) in [7, 11) is -4.15. The Morgan fingerprint density at radius 3 is 2.58 bits per heavy atom. The summed E-state index contributed by atoms with van der Waals surface area (Å²) in [5, 5.41) is 6.27. The quantitative estimate of drug-likeness (QED) is 0.309. The van der Waals surface area contributed by atoms with Gasteiger partial charge in [0.15, 0.2) is 6.10 Å². The van der Waals surface area contributed by atoms with Crippen LogP contribution >= 0.6 is 7.82 Å². The third kappa shape index (κ3) is 8.22. The molecule has 2 atom stereocenters. The zero-order valence-electron chi connectivity index (χ0n) is 19.7. The Bertz CT molecular complexity index is 905. The molecule has 0 bridgehead atoms. The number of amides is 1. The molecule has 2 rings (SSSR count). The summed E-state index contributed by atoms with van der Waals surface area (Å²) < 4.78 is 43.2. The number of aryl methyl sites for hydroxylation is 1. The van der Waals surface area contributed by atoms with Crippen molar-refractivity contribution in [3.63, 3.8) is 0 Å². The number of hydrogen-bond acceptors (Lipinski definition) is 11. The highest BCUT2D eigenvalue weighted by molar-refractivity contribution is 7.48. The van der Waals surface area contributed by atoms with Gasteiger partial charge in [-0.2, -0.15) is 0 Å². The molecule has 2 heterocycles. The number of esters is 2. The molecule has 1 aromatic rings. The molecule has 1 N–H and O–H groups in total. The van der Waals surface area contributed by atoms with Gasteiger partial charge >= 0.3 is 19.8 Å². The molecule has 1 amide bonds. The van der Waals surface area contributed by atoms with Gasteiger partial charge < -0.3 is 19.3 Å². The third-order valence-corrected chi connectivity index (χ3v) is 5.81. The molecule has 1 aliphatic rings. The minimum Gasteiger partial charge on any atom is -0.459 e. The Morgan fingerprint density at radius 1 is 1.27 bits per heavy atom. The van der Waals surface area contributed by atoms with Crippen LogP contribution in [0.4, 0.5) is 0 Å². The standard InChI is InChI=1S/C20H31N2O10P/c1-13-9-14(22-31-13)10-27-15(23)7-8-21-17(24)16-20(5,6)11-29-33(26,32-16)30-12-28-18(25)19(2,3)4/h9,16H,7-8,10-12H2,1-6H3,(H,21,24)/t16-,33?/m0/s1. The van der Waals surface area contributed by atoms with Crippen molar-refractivity contribution in [2.45, 2.75) is 60.7 Å². The Balaban J connectivity index is 1.81. The number of phosphoric acid groups is 1. The predicted octanol–water partition coefficient (Wildman–Crippen LogP) is 2.65. The molecule has 0 aliphatic carbocycles. The van der Waals surface area contributed by atoms with Crippen LogP contribution in [-0.2, 0) is 48.6 Å². The van der Waals surface area contributed by atoms with E-state index in [1.807, 2.05) is 0 Å². The van der Waals surface area contributed by atoms with Crippen molar-refractivity contribution in [3.8, 4) is 0 Å². The van der Waals surface area contributed by atoms with E-state index in [9.17, 15) is 18.9 Å². The minimum atomic E-state index is -4.15. The van der Waals surface area contributed by atoms with Crippen LogP contribution in [0, 0.1) is 17.8 Å². The lowest BCUT2D eigenvalue weighted by Crippen LogP contribution is -2.50. The van der Waals surface area contributed by atoms with Crippen molar-refractivity contribution in [1.29, 1.82) is 0 Å². The van der Waals surface area contributed by atoms with Crippen molar-refractivity contribution < 1.29 is 46.5 Å². The monoisotopic (exact) mass is 490 g/mol. The summed E-state index contributed by atoms with van der Waals surface area (Å²) in [5.41, 5.74) is -1.13. The summed E-state index contributed by atoms with van der Waals surface area (Å²) in [6, 6.07) is 1.64. The summed E-state index contributed by atoms with van der Waals surface area (Å²) in [6.07, 6.45) is -1.28. The summed E-state index contributed by atoms with van der Waals surface area (Å²) in [5.74, 6) is -1.11. The predicted molar refractivity (Wildman–Crippen MR) is 112 cm³/mol. The molecule has 33 heavy (non-hydrogen) atoms. The van der Waals surface area contributed by atoms with Crippen LogP contribution in [0.3, 0.4) is 0 Å². The van der Waals surface area contributed by atoms with Gasteiger partial charge in [-0.05, 0) is 27.7 Å². The lowest BCUT2D eigenvalue weighted by atomic mass is 9.87. The summed E-state index contributed by atoms with van der Waals surface area (Å²) in [6.45, 7) is 9.23. The SMILES string of the molecule is Cc1cc(COC(=O)CCNC(=O)[C@@H]2OP(=O)(OCOC(=O)C(C)(C)C)OCC2(C)C)no1. The summed E-state index contributed by atoms with van der Waals surface area (Å²) >= 11 is 0. The lowest BCUT2D eigenvalue weighted by Gasteiger charge is -2.39. The topological polar surface area (TPSA) is 152 Å². The van der Waals surface area contributed by atoms with Crippen molar-refractivity contribution >= 4 is 25.7 Å². The number of phosphoric ester groups is 1. The number of nitrogens with one attached hydrogen (secondary N) is 1. The van der Waals surface area contributed by atoms with Crippen LogP contribution in [0.2, 0.25) is 0 Å². The van der Waals surface area contributed by atoms with Crippen LogP contribution in [-0.4, -0.2) is 49.1 Å². The first-order valence-corrected chi connectivity index (χ1v) is 11.8. The smallest absolute Gasteiger partial charge is 0.459 e. The van der Waals surface area contributed by atoms with Gasteiger partial charge in [-0.15, -0.1) is 0 Å². The van der Waals surface area contributed by atoms with E-state index in [0.29, 0.717) is 11.5 Å². The maximum Gasteiger partial charge on any atom is 0.478 e. The van der Waals surface area contributed by atoms with Crippen molar-refractivity contribution in [2.75, 3.05) is 19.9 Å². The Kier molecular flexibility index (Phi) is 8.81. The molecule has 0 radical (unpaired) electrons. The van der Waals surface area contributed by atoms with Crippen LogP contribution in [0.25, 0.3) is 0 Å². The Labute approximate surface area is 192 Å². The van der Waals surface area contributed by atoms with Crippen LogP contribution in [0.1, 0.15) is 52.5 Å². The number of hydrogen-bond donors (Lipinski definition) is 1. The average Bonchev–Trinajstić information content (AvgIpc) is 3.13. The van der Waals surface area contributed by atoms with Crippen molar-refractivity contribution in [1.82, 2.24) is 10.5 Å². The molecule has 12 nitrogen and oxygen atoms in total. The van der Waals surface area contributed by atoms with E-state index in [-0.39, 0.29) is 26.2 Å². The van der Waals surface area contributed by atoms with Crippen LogP contribution in [0.15, 0.2) is 10.6 Å². The highest BCUT2D eigenvalue weighted by atomic mass is 31.2. The normalized spacial score (nSPS) is 22.4. The van der Waals surface area contributed by atoms with Crippen molar-refractivity contribution in [3.05, 3.63) is 17.5 Å². The van der Waals surface area contributed by atoms with E-state index in [1.165, 1.54) is 0 Å². The number of aromatic nitrogens is 1.